The van der Waals surface area contributed by atoms with Crippen LogP contribution in [0, 0.1) is 0 Å². The lowest BCUT2D eigenvalue weighted by atomic mass is 10.0. The molecule has 0 saturated heterocycles. The first-order chi connectivity index (χ1) is 38.7. The highest BCUT2D eigenvalue weighted by Crippen LogP contribution is 2.44. The number of furan rings is 2. The largest absolute Gasteiger partial charge is 0.456 e. The van der Waals surface area contributed by atoms with Crippen molar-refractivity contribution in [3.63, 3.8) is 0 Å². The molecule has 0 bridgehead atoms. The summed E-state index contributed by atoms with van der Waals surface area (Å²) in [5.41, 5.74) is 16.2. The summed E-state index contributed by atoms with van der Waals surface area (Å²) in [6.45, 7) is 0. The van der Waals surface area contributed by atoms with E-state index in [1.165, 1.54) is 86.4 Å². The molecule has 0 N–H and O–H groups in total. The van der Waals surface area contributed by atoms with Crippen LogP contribution in [-0.4, -0.2) is 17.2 Å². The van der Waals surface area contributed by atoms with Crippen molar-refractivity contribution in [1.29, 1.82) is 0 Å². The third-order valence-corrected chi connectivity index (χ3v) is 21.4. The molecule has 0 radical (unpaired) electrons. The molecule has 0 spiro atoms. The van der Waals surface area contributed by atoms with Crippen molar-refractivity contribution in [1.82, 2.24) is 9.13 Å². The fourth-order valence-corrected chi connectivity index (χ4v) is 18.0. The number of fused-ring (bicyclic) bond motifs is 17. The van der Waals surface area contributed by atoms with Gasteiger partial charge in [0.15, 0.2) is 13.7 Å². The van der Waals surface area contributed by atoms with Crippen LogP contribution in [0.25, 0.3) is 110 Å². The van der Waals surface area contributed by atoms with Crippen LogP contribution in [0.2, 0.25) is 0 Å². The Morgan fingerprint density at radius 2 is 0.772 bits per heavy atom. The van der Waals surface area contributed by atoms with Crippen LogP contribution >= 0.6 is 0 Å². The van der Waals surface area contributed by atoms with E-state index in [-0.39, 0.29) is 7.43 Å². The minimum Gasteiger partial charge on any atom is -0.456 e. The average Bonchev–Trinajstić information content (AvgIpc) is 4.34. The fourth-order valence-electron chi connectivity index (χ4n) is 13.2. The molecule has 16 aromatic rings. The van der Waals surface area contributed by atoms with E-state index in [1.807, 2.05) is 18.2 Å². The van der Waals surface area contributed by atoms with E-state index in [0.29, 0.717) is 0 Å². The number of hydrogen-bond acceptors (Lipinski definition) is 2. The van der Waals surface area contributed by atoms with Crippen molar-refractivity contribution >= 4 is 116 Å². The lowest BCUT2D eigenvalue weighted by Gasteiger charge is -2.35. The molecule has 0 unspecified atom stereocenters. The molecule has 79 heavy (non-hydrogen) atoms. The van der Waals surface area contributed by atoms with E-state index >= 15 is 0 Å². The molecule has 4 aromatic heterocycles. The SMILES string of the molecule is C.c1ccc([Si](c2ccccc2)(c2ccc(-n3c4ccccc4c4ccccc43)cc2)c2cccc(-n3c4ccccc4c4ccc5c6ccccc6oc5c43)c2)cc1.c1ccc2c(c1)Cc1c-2ccc2c1oc1ccccc12. The first-order valence-corrected chi connectivity index (χ1v) is 28.9. The third-order valence-electron chi connectivity index (χ3n) is 16.6. The number of nitrogens with zero attached hydrogens (tertiary/aromatic N) is 2. The Bertz CT molecular complexity index is 4910. The number of hydrogen-bond donors (Lipinski definition) is 0. The van der Waals surface area contributed by atoms with E-state index in [9.17, 15) is 0 Å². The first kappa shape index (κ1) is 46.4. The molecule has 0 atom stereocenters. The van der Waals surface area contributed by atoms with Gasteiger partial charge in [0.1, 0.15) is 16.7 Å². The number of rotatable bonds is 6. The minimum atomic E-state index is -2.92. The summed E-state index contributed by atoms with van der Waals surface area (Å²) >= 11 is 0. The zero-order valence-corrected chi connectivity index (χ0v) is 43.5. The molecule has 4 heterocycles. The topological polar surface area (TPSA) is 36.1 Å². The highest BCUT2D eigenvalue weighted by atomic mass is 28.3. The van der Waals surface area contributed by atoms with Crippen LogP contribution in [0.4, 0.5) is 0 Å². The van der Waals surface area contributed by atoms with Gasteiger partial charge in [-0.2, -0.15) is 0 Å². The highest BCUT2D eigenvalue weighted by Gasteiger charge is 2.42. The standard InChI is InChI=1S/C54H36N2OSi.C19H12O.CH4/c1-3-17-39(18-4-1)58(40-19-5-2-6-20-40,41-32-30-37(31-33-41)55-49-26-11-7-22-43(49)44-23-8-12-27-50(44)55)42-21-15-16-38(36-42)56-51-28-13-9-24-45(51)47-34-35-48-46-25-10-14-29-52(46)57-54(48)53(47)56;1-2-6-13-12(5-1)11-17-14(13)9-10-16-15-7-3-4-8-18(15)20-19(16)17;/h1-36H;1-10H,11H2;1H4. The Balaban J connectivity index is 0.000000215. The van der Waals surface area contributed by atoms with E-state index in [1.54, 1.807) is 0 Å². The molecule has 374 valence electrons. The monoisotopic (exact) mass is 1030 g/mol. The lowest BCUT2D eigenvalue weighted by molar-refractivity contribution is 0.665. The Morgan fingerprint density at radius 1 is 0.304 bits per heavy atom. The second-order valence-corrected chi connectivity index (χ2v) is 24.4. The van der Waals surface area contributed by atoms with Crippen LogP contribution < -0.4 is 20.7 Å². The van der Waals surface area contributed by atoms with E-state index in [0.717, 1.165) is 61.9 Å². The van der Waals surface area contributed by atoms with Crippen molar-refractivity contribution in [2.45, 2.75) is 13.8 Å². The van der Waals surface area contributed by atoms with Gasteiger partial charge in [0.2, 0.25) is 0 Å². The first-order valence-electron chi connectivity index (χ1n) is 26.9. The van der Waals surface area contributed by atoms with Crippen molar-refractivity contribution in [3.8, 4) is 22.5 Å². The zero-order valence-electron chi connectivity index (χ0n) is 42.5. The average molecular weight is 1030 g/mol. The van der Waals surface area contributed by atoms with Gasteiger partial charge in [0, 0.05) is 66.4 Å². The maximum atomic E-state index is 6.74. The van der Waals surface area contributed by atoms with Crippen LogP contribution in [0.15, 0.2) is 288 Å². The predicted molar refractivity (Wildman–Crippen MR) is 335 cm³/mol. The molecular formula is C74H52N2O2Si. The van der Waals surface area contributed by atoms with Gasteiger partial charge in [0.05, 0.1) is 22.1 Å². The molecule has 0 fully saturated rings. The lowest BCUT2D eigenvalue weighted by Crippen LogP contribution is -2.74. The molecule has 0 aliphatic heterocycles. The van der Waals surface area contributed by atoms with Crippen molar-refractivity contribution < 1.29 is 8.83 Å². The van der Waals surface area contributed by atoms with Gasteiger partial charge in [-0.05, 0) is 104 Å². The summed E-state index contributed by atoms with van der Waals surface area (Å²) in [7, 11) is -2.92. The Labute approximate surface area is 458 Å². The Kier molecular flexibility index (Phi) is 10.8. The molecule has 4 nitrogen and oxygen atoms in total. The van der Waals surface area contributed by atoms with Crippen LogP contribution in [0.3, 0.4) is 0 Å². The Hall–Kier alpha value is -9.94. The van der Waals surface area contributed by atoms with Gasteiger partial charge >= 0.3 is 0 Å². The third kappa shape index (κ3) is 6.99. The molecule has 1 aliphatic rings. The van der Waals surface area contributed by atoms with E-state index in [2.05, 4.69) is 270 Å². The van der Waals surface area contributed by atoms with E-state index < -0.39 is 8.07 Å². The molecular weight excluding hydrogens is 977 g/mol. The maximum Gasteiger partial charge on any atom is 0.179 e. The zero-order chi connectivity index (χ0) is 51.3. The van der Waals surface area contributed by atoms with Gasteiger partial charge in [0.25, 0.3) is 0 Å². The second kappa shape index (κ2) is 18.4. The van der Waals surface area contributed by atoms with Crippen molar-refractivity contribution in [3.05, 3.63) is 290 Å². The normalized spacial score (nSPS) is 12.2. The summed E-state index contributed by atoms with van der Waals surface area (Å²) in [5, 5.41) is 14.9. The van der Waals surface area contributed by atoms with Crippen LogP contribution in [0.5, 0.6) is 0 Å². The molecule has 5 heteroatoms. The summed E-state index contributed by atoms with van der Waals surface area (Å²) in [6, 6.07) is 102. The number of para-hydroxylation sites is 5. The van der Waals surface area contributed by atoms with Gasteiger partial charge in [-0.3, -0.25) is 0 Å². The number of aromatic nitrogens is 2. The van der Waals surface area contributed by atoms with Gasteiger partial charge in [-0.1, -0.05) is 220 Å². The summed E-state index contributed by atoms with van der Waals surface area (Å²) < 4.78 is 17.7. The van der Waals surface area contributed by atoms with Gasteiger partial charge in [-0.15, -0.1) is 0 Å². The van der Waals surface area contributed by atoms with Crippen LogP contribution in [0.1, 0.15) is 18.6 Å². The number of benzene rings is 12. The minimum absolute atomic E-state index is 0. The van der Waals surface area contributed by atoms with Gasteiger partial charge < -0.3 is 18.0 Å². The molecule has 12 aromatic carbocycles. The summed E-state index contributed by atoms with van der Waals surface area (Å²) in [5.74, 6) is 0. The molecule has 17 rings (SSSR count). The smallest absolute Gasteiger partial charge is 0.179 e. The van der Waals surface area contributed by atoms with Crippen LogP contribution in [-0.2, 0) is 6.42 Å². The maximum absolute atomic E-state index is 6.74. The Morgan fingerprint density at radius 3 is 1.42 bits per heavy atom. The van der Waals surface area contributed by atoms with Crippen molar-refractivity contribution in [2.24, 2.45) is 0 Å². The molecule has 0 amide bonds. The van der Waals surface area contributed by atoms with E-state index in [4.69, 9.17) is 8.83 Å². The summed E-state index contributed by atoms with van der Waals surface area (Å²) in [6.07, 6.45) is 0.975. The van der Waals surface area contributed by atoms with Crippen molar-refractivity contribution in [2.75, 3.05) is 0 Å². The summed E-state index contributed by atoms with van der Waals surface area (Å²) in [4.78, 5) is 0. The fraction of sp³-hybridized carbons (Fsp3) is 0.0270. The second-order valence-electron chi connectivity index (χ2n) is 20.6. The molecule has 0 saturated carbocycles. The quantitative estimate of drug-likeness (QED) is 0.123. The highest BCUT2D eigenvalue weighted by molar-refractivity contribution is 7.19. The van der Waals surface area contributed by atoms with Gasteiger partial charge in [-0.25, -0.2) is 0 Å². The molecule has 1 aliphatic carbocycles. The predicted octanol–water partition coefficient (Wildman–Crippen LogP) is 17.0.